The number of nitrogens with zero attached hydrogens (tertiary/aromatic N) is 3. The van der Waals surface area contributed by atoms with Crippen molar-refractivity contribution in [3.8, 4) is 0 Å². The maximum Gasteiger partial charge on any atom is 0.393 e. The lowest BCUT2D eigenvalue weighted by molar-refractivity contribution is -0.126. The smallest absolute Gasteiger partial charge is 0.390 e. The molecule has 1 aromatic carbocycles. The molecule has 1 fully saturated rings. The van der Waals surface area contributed by atoms with Crippen molar-refractivity contribution in [1.29, 1.82) is 0 Å². The van der Waals surface area contributed by atoms with Crippen molar-refractivity contribution in [2.24, 2.45) is 0 Å². The van der Waals surface area contributed by atoms with Gasteiger partial charge in [0.15, 0.2) is 0 Å². The second kappa shape index (κ2) is 8.25. The van der Waals surface area contributed by atoms with Gasteiger partial charge in [0.05, 0.1) is 24.0 Å². The normalized spacial score (nSPS) is 20.8. The Balaban J connectivity index is 1.43. The Hall–Kier alpha value is -2.23. The summed E-state index contributed by atoms with van der Waals surface area (Å²) in [5.74, 6) is 0.472. The molecule has 0 saturated carbocycles. The first-order chi connectivity index (χ1) is 13.9. The first-order valence-corrected chi connectivity index (χ1v) is 10.2. The van der Waals surface area contributed by atoms with E-state index < -0.39 is 18.7 Å². The van der Waals surface area contributed by atoms with E-state index in [1.807, 2.05) is 18.2 Å². The number of halogens is 3. The molecule has 0 bridgehead atoms. The quantitative estimate of drug-likeness (QED) is 0.654. The number of aliphatic hydroxyl groups is 1. The molecular formula is C20H21F3N4OS. The van der Waals surface area contributed by atoms with Crippen LogP contribution in [0.15, 0.2) is 42.7 Å². The lowest BCUT2D eigenvalue weighted by Gasteiger charge is -2.36. The molecule has 0 unspecified atom stereocenters. The topological polar surface area (TPSA) is 61.3 Å². The zero-order valence-electron chi connectivity index (χ0n) is 15.6. The summed E-state index contributed by atoms with van der Waals surface area (Å²) < 4.78 is 38.1. The molecule has 0 aliphatic carbocycles. The van der Waals surface area contributed by atoms with E-state index in [1.165, 1.54) is 18.0 Å². The van der Waals surface area contributed by atoms with Gasteiger partial charge in [-0.1, -0.05) is 30.3 Å². The van der Waals surface area contributed by atoms with Crippen molar-refractivity contribution in [2.75, 3.05) is 18.4 Å². The van der Waals surface area contributed by atoms with Crippen LogP contribution < -0.4 is 5.32 Å². The highest BCUT2D eigenvalue weighted by atomic mass is 32.1. The highest BCUT2D eigenvalue weighted by molar-refractivity contribution is 7.18. The van der Waals surface area contributed by atoms with Gasteiger partial charge in [-0.2, -0.15) is 13.2 Å². The van der Waals surface area contributed by atoms with Crippen LogP contribution >= 0.6 is 11.3 Å². The summed E-state index contributed by atoms with van der Waals surface area (Å²) in [7, 11) is 0. The first-order valence-electron chi connectivity index (χ1n) is 9.38. The minimum Gasteiger partial charge on any atom is -0.390 e. The standard InChI is InChI=1S/C20H21F3N4OS/c21-20(22,23)9-14-8-15-18(24-12-25-19(15)29-14)26-16-6-7-27(11-17(16)28)10-13-4-2-1-3-5-13/h1-5,8,12,16-17,28H,6-7,9-11H2,(H,24,25,26)/t16-,17-/m0/s1. The van der Waals surface area contributed by atoms with Crippen LogP contribution in [0.2, 0.25) is 0 Å². The molecule has 2 N–H and O–H groups in total. The maximum absolute atomic E-state index is 12.7. The van der Waals surface area contributed by atoms with E-state index in [9.17, 15) is 18.3 Å². The molecule has 1 aliphatic heterocycles. The van der Waals surface area contributed by atoms with Crippen molar-refractivity contribution < 1.29 is 18.3 Å². The number of likely N-dealkylation sites (tertiary alicyclic amines) is 1. The zero-order chi connectivity index (χ0) is 20.4. The SMILES string of the molecule is O[C@H]1CN(Cc2ccccc2)CC[C@@H]1Nc1ncnc2sc(CC(F)(F)F)cc12. The van der Waals surface area contributed by atoms with Gasteiger partial charge in [0.2, 0.25) is 0 Å². The van der Waals surface area contributed by atoms with Crippen LogP contribution in [0.1, 0.15) is 16.9 Å². The van der Waals surface area contributed by atoms with Gasteiger partial charge >= 0.3 is 6.18 Å². The minimum absolute atomic E-state index is 0.203. The van der Waals surface area contributed by atoms with Crippen molar-refractivity contribution in [3.05, 3.63) is 53.2 Å². The van der Waals surface area contributed by atoms with Gasteiger partial charge in [0.1, 0.15) is 17.0 Å². The lowest BCUT2D eigenvalue weighted by Crippen LogP contribution is -2.49. The second-order valence-corrected chi connectivity index (χ2v) is 8.39. The Morgan fingerprint density at radius 2 is 2.00 bits per heavy atom. The largest absolute Gasteiger partial charge is 0.393 e. The van der Waals surface area contributed by atoms with E-state index in [-0.39, 0.29) is 10.9 Å². The number of piperidine rings is 1. The first kappa shape index (κ1) is 20.1. The monoisotopic (exact) mass is 422 g/mol. The molecule has 9 heteroatoms. The lowest BCUT2D eigenvalue weighted by atomic mass is 10.0. The predicted molar refractivity (Wildman–Crippen MR) is 107 cm³/mol. The fourth-order valence-electron chi connectivity index (χ4n) is 3.63. The van der Waals surface area contributed by atoms with Crippen molar-refractivity contribution in [3.63, 3.8) is 0 Å². The van der Waals surface area contributed by atoms with E-state index in [0.29, 0.717) is 29.0 Å². The number of fused-ring (bicyclic) bond motifs is 1. The van der Waals surface area contributed by atoms with Crippen LogP contribution in [-0.2, 0) is 13.0 Å². The maximum atomic E-state index is 12.7. The van der Waals surface area contributed by atoms with Crippen molar-refractivity contribution in [2.45, 2.75) is 37.7 Å². The number of anilines is 1. The van der Waals surface area contributed by atoms with Crippen molar-refractivity contribution >= 4 is 27.4 Å². The number of nitrogens with one attached hydrogen (secondary N) is 1. The van der Waals surface area contributed by atoms with Crippen LogP contribution in [0.3, 0.4) is 0 Å². The summed E-state index contributed by atoms with van der Waals surface area (Å²) in [5, 5.41) is 14.4. The average molecular weight is 422 g/mol. The third-order valence-electron chi connectivity index (χ3n) is 4.99. The molecule has 0 amide bonds. The molecule has 5 nitrogen and oxygen atoms in total. The number of aromatic nitrogens is 2. The zero-order valence-corrected chi connectivity index (χ0v) is 16.4. The number of β-amino-alcohol motifs (C(OH)–C–C–N with tert-alkyl or cyclic N) is 1. The van der Waals surface area contributed by atoms with Crippen LogP contribution in [0.5, 0.6) is 0 Å². The molecular weight excluding hydrogens is 401 g/mol. The number of alkyl halides is 3. The molecule has 1 saturated heterocycles. The third-order valence-corrected chi connectivity index (χ3v) is 6.04. The molecule has 2 atom stereocenters. The molecule has 0 radical (unpaired) electrons. The van der Waals surface area contributed by atoms with Gasteiger partial charge in [0, 0.05) is 24.5 Å². The van der Waals surface area contributed by atoms with Gasteiger partial charge < -0.3 is 10.4 Å². The molecule has 29 heavy (non-hydrogen) atoms. The highest BCUT2D eigenvalue weighted by Crippen LogP contribution is 2.33. The Labute approximate surface area is 170 Å². The van der Waals surface area contributed by atoms with Gasteiger partial charge in [-0.25, -0.2) is 9.97 Å². The molecule has 1 aliphatic rings. The molecule has 3 aromatic rings. The Kier molecular flexibility index (Phi) is 5.71. The number of benzene rings is 1. The number of hydrogen-bond donors (Lipinski definition) is 2. The molecule has 3 heterocycles. The van der Waals surface area contributed by atoms with E-state index in [4.69, 9.17) is 0 Å². The summed E-state index contributed by atoms with van der Waals surface area (Å²) in [5.41, 5.74) is 1.19. The van der Waals surface area contributed by atoms with Crippen LogP contribution in [-0.4, -0.2) is 51.4 Å². The Morgan fingerprint density at radius 3 is 2.72 bits per heavy atom. The molecule has 2 aromatic heterocycles. The van der Waals surface area contributed by atoms with Gasteiger partial charge in [-0.3, -0.25) is 4.90 Å². The summed E-state index contributed by atoms with van der Waals surface area (Å²) in [6.45, 7) is 2.10. The van der Waals surface area contributed by atoms with Crippen molar-refractivity contribution in [1.82, 2.24) is 14.9 Å². The Bertz CT molecular complexity index is 963. The fourth-order valence-corrected chi connectivity index (χ4v) is 4.66. The molecule has 154 valence electrons. The predicted octanol–water partition coefficient (Wildman–Crippen LogP) is 3.84. The highest BCUT2D eigenvalue weighted by Gasteiger charge is 2.30. The number of aliphatic hydroxyl groups excluding tert-OH is 1. The number of rotatable bonds is 5. The summed E-state index contributed by atoms with van der Waals surface area (Å²) in [6.07, 6.45) is -3.79. The van der Waals surface area contributed by atoms with Crippen LogP contribution in [0.4, 0.5) is 19.0 Å². The van der Waals surface area contributed by atoms with Crippen LogP contribution in [0.25, 0.3) is 10.2 Å². The second-order valence-electron chi connectivity index (χ2n) is 7.27. The average Bonchev–Trinajstić information content (AvgIpc) is 3.06. The number of thiophene rings is 1. The molecule has 4 rings (SSSR count). The number of hydrogen-bond acceptors (Lipinski definition) is 6. The summed E-state index contributed by atoms with van der Waals surface area (Å²) in [6, 6.07) is 11.4. The summed E-state index contributed by atoms with van der Waals surface area (Å²) in [4.78, 5) is 11.2. The summed E-state index contributed by atoms with van der Waals surface area (Å²) >= 11 is 1.02. The van der Waals surface area contributed by atoms with E-state index in [2.05, 4.69) is 32.3 Å². The molecule has 0 spiro atoms. The fraction of sp³-hybridized carbons (Fsp3) is 0.400. The van der Waals surface area contributed by atoms with E-state index >= 15 is 0 Å². The van der Waals surface area contributed by atoms with Gasteiger partial charge in [-0.15, -0.1) is 11.3 Å². The minimum atomic E-state index is -4.26. The van der Waals surface area contributed by atoms with Gasteiger partial charge in [0.25, 0.3) is 0 Å². The van der Waals surface area contributed by atoms with E-state index in [1.54, 1.807) is 0 Å². The van der Waals surface area contributed by atoms with E-state index in [0.717, 1.165) is 24.4 Å². The third kappa shape index (κ3) is 5.04. The Morgan fingerprint density at radius 1 is 1.21 bits per heavy atom. The van der Waals surface area contributed by atoms with Gasteiger partial charge in [-0.05, 0) is 18.1 Å². The van der Waals surface area contributed by atoms with Crippen LogP contribution in [0, 0.1) is 0 Å².